The van der Waals surface area contributed by atoms with Crippen LogP contribution in [0.4, 0.5) is 13.2 Å². The summed E-state index contributed by atoms with van der Waals surface area (Å²) in [5, 5.41) is 0.490. The topological polar surface area (TPSA) is 44.8 Å². The molecule has 0 fully saturated rings. The summed E-state index contributed by atoms with van der Waals surface area (Å²) in [7, 11) is 0. The molecule has 0 bridgehead atoms. The molecule has 0 aromatic heterocycles. The lowest BCUT2D eigenvalue weighted by atomic mass is 10.2. The average Bonchev–Trinajstić information content (AvgIpc) is 2.63. The van der Waals surface area contributed by atoms with Crippen molar-refractivity contribution in [3.05, 3.63) is 68.1 Å². The van der Waals surface area contributed by atoms with Crippen molar-refractivity contribution in [3.63, 3.8) is 0 Å². The van der Waals surface area contributed by atoms with Crippen LogP contribution in [0, 0.1) is 0 Å². The van der Waals surface area contributed by atoms with Crippen molar-refractivity contribution in [1.29, 1.82) is 0 Å². The second-order valence-electron chi connectivity index (χ2n) is 5.66. The minimum absolute atomic E-state index is 0.0414. The van der Waals surface area contributed by atoms with E-state index in [1.165, 1.54) is 18.2 Å². The molecule has 0 unspecified atom stereocenters. The summed E-state index contributed by atoms with van der Waals surface area (Å²) in [5.41, 5.74) is -0.434. The fourth-order valence-electron chi connectivity index (χ4n) is 2.11. The van der Waals surface area contributed by atoms with Crippen LogP contribution in [-0.2, 0) is 22.3 Å². The van der Waals surface area contributed by atoms with E-state index in [0.717, 1.165) is 24.3 Å². The van der Waals surface area contributed by atoms with Crippen LogP contribution in [0.3, 0.4) is 0 Å². The predicted octanol–water partition coefficient (Wildman–Crippen LogP) is 6.83. The summed E-state index contributed by atoms with van der Waals surface area (Å²) in [5.74, 6) is -0.465. The predicted molar refractivity (Wildman–Crippen MR) is 108 cm³/mol. The minimum atomic E-state index is -4.47. The molecule has 0 atom stereocenters. The lowest BCUT2D eigenvalue weighted by Gasteiger charge is -2.11. The molecule has 4 nitrogen and oxygen atoms in total. The van der Waals surface area contributed by atoms with Crippen LogP contribution >= 0.6 is 46.4 Å². The second-order valence-corrected chi connectivity index (χ2v) is 7.48. The van der Waals surface area contributed by atoms with Gasteiger partial charge in [-0.05, 0) is 42.5 Å². The molecule has 11 heteroatoms. The maximum Gasteiger partial charge on any atom is 0.416 e. The van der Waals surface area contributed by atoms with E-state index in [-0.39, 0.29) is 33.5 Å². The number of ether oxygens (including phenoxy) is 3. The Hall–Kier alpha value is -1.64. The van der Waals surface area contributed by atoms with Crippen LogP contribution in [0.25, 0.3) is 0 Å². The highest BCUT2D eigenvalue weighted by Crippen LogP contribution is 2.32. The zero-order chi connectivity index (χ0) is 22.3. The number of carbonyl (C=O) groups excluding carboxylic acids is 1. The van der Waals surface area contributed by atoms with Crippen molar-refractivity contribution < 1.29 is 32.2 Å². The fourth-order valence-corrected chi connectivity index (χ4v) is 2.81. The quantitative estimate of drug-likeness (QED) is 0.292. The van der Waals surface area contributed by atoms with E-state index in [4.69, 9.17) is 60.6 Å². The maximum atomic E-state index is 12.5. The van der Waals surface area contributed by atoms with Crippen molar-refractivity contribution >= 4 is 52.4 Å². The van der Waals surface area contributed by atoms with Crippen molar-refractivity contribution in [2.45, 2.75) is 12.8 Å². The van der Waals surface area contributed by atoms with Gasteiger partial charge in [0.15, 0.2) is 0 Å². The van der Waals surface area contributed by atoms with Crippen LogP contribution in [0.5, 0.6) is 11.5 Å². The van der Waals surface area contributed by atoms with Gasteiger partial charge in [0.2, 0.25) is 0 Å². The summed E-state index contributed by atoms with van der Waals surface area (Å²) in [6.45, 7) is -0.459. The highest BCUT2D eigenvalue weighted by atomic mass is 35.5. The monoisotopic (exact) mass is 502 g/mol. The van der Waals surface area contributed by atoms with E-state index < -0.39 is 24.3 Å². The minimum Gasteiger partial charge on any atom is -0.489 e. The summed E-state index contributed by atoms with van der Waals surface area (Å²) >= 11 is 23.3. The number of esters is 1. The number of carbonyl (C=O) groups is 1. The molecule has 0 N–H and O–H groups in total. The summed E-state index contributed by atoms with van der Waals surface area (Å²) in [6, 6.07) is 6.71. The Bertz CT molecular complexity index is 888. The van der Waals surface area contributed by atoms with Crippen LogP contribution in [-0.4, -0.2) is 19.2 Å². The second kappa shape index (κ2) is 11.1. The third-order valence-corrected chi connectivity index (χ3v) is 4.46. The Morgan fingerprint density at radius 3 is 2.13 bits per heavy atom. The van der Waals surface area contributed by atoms with Gasteiger partial charge in [0.25, 0.3) is 0 Å². The van der Waals surface area contributed by atoms with Gasteiger partial charge in [-0.2, -0.15) is 13.2 Å². The number of hydrogen-bond donors (Lipinski definition) is 0. The molecular weight excluding hydrogens is 491 g/mol. The molecule has 0 amide bonds. The lowest BCUT2D eigenvalue weighted by Crippen LogP contribution is -2.16. The largest absolute Gasteiger partial charge is 0.489 e. The van der Waals surface area contributed by atoms with Crippen molar-refractivity contribution in [2.75, 3.05) is 13.2 Å². The standard InChI is InChI=1S/C19H13Cl4F3O4/c20-15-7-13(29-6-5-17(22)23)8-16(21)14(15)9-28-10-18(27)30-12-3-1-11(2-4-12)19(24,25)26/h1-5,7-8H,6,9-10H2. The molecule has 2 rings (SSSR count). The van der Waals surface area contributed by atoms with E-state index in [2.05, 4.69) is 0 Å². The molecule has 0 aliphatic carbocycles. The Labute approximate surface area is 190 Å². The van der Waals surface area contributed by atoms with Gasteiger partial charge in [0, 0.05) is 5.56 Å². The third-order valence-electron chi connectivity index (χ3n) is 3.48. The highest BCUT2D eigenvalue weighted by Gasteiger charge is 2.30. The molecule has 0 spiro atoms. The Morgan fingerprint density at radius 1 is 1.00 bits per heavy atom. The Balaban J connectivity index is 1.87. The Morgan fingerprint density at radius 2 is 1.60 bits per heavy atom. The summed E-state index contributed by atoms with van der Waals surface area (Å²) in [4.78, 5) is 11.8. The van der Waals surface area contributed by atoms with Crippen LogP contribution in [0.2, 0.25) is 10.0 Å². The van der Waals surface area contributed by atoms with E-state index in [0.29, 0.717) is 11.3 Å². The molecule has 0 saturated carbocycles. The lowest BCUT2D eigenvalue weighted by molar-refractivity contribution is -0.139. The number of halogens is 7. The Kier molecular flexibility index (Phi) is 9.12. The molecule has 0 aliphatic heterocycles. The summed E-state index contributed by atoms with van der Waals surface area (Å²) < 4.78 is 53.2. The number of benzene rings is 2. The first-order chi connectivity index (χ1) is 14.1. The van der Waals surface area contributed by atoms with Crippen LogP contribution in [0.1, 0.15) is 11.1 Å². The van der Waals surface area contributed by atoms with Crippen LogP contribution < -0.4 is 9.47 Å². The van der Waals surface area contributed by atoms with E-state index in [1.807, 2.05) is 0 Å². The first-order valence-corrected chi connectivity index (χ1v) is 9.65. The summed E-state index contributed by atoms with van der Waals surface area (Å²) in [6.07, 6.45) is -3.04. The third kappa shape index (κ3) is 7.89. The first kappa shape index (κ1) is 24.6. The zero-order valence-electron chi connectivity index (χ0n) is 14.9. The molecule has 162 valence electrons. The van der Waals surface area contributed by atoms with Crippen molar-refractivity contribution in [2.24, 2.45) is 0 Å². The SMILES string of the molecule is O=C(COCc1c(Cl)cc(OCC=C(Cl)Cl)cc1Cl)Oc1ccc(C(F)(F)F)cc1. The maximum absolute atomic E-state index is 12.5. The molecule has 2 aromatic carbocycles. The molecule has 0 aliphatic rings. The van der Waals surface area contributed by atoms with Gasteiger partial charge >= 0.3 is 12.1 Å². The van der Waals surface area contributed by atoms with Gasteiger partial charge in [-0.25, -0.2) is 4.79 Å². The van der Waals surface area contributed by atoms with E-state index in [1.54, 1.807) is 0 Å². The van der Waals surface area contributed by atoms with Gasteiger partial charge < -0.3 is 14.2 Å². The molecule has 0 saturated heterocycles. The molecule has 30 heavy (non-hydrogen) atoms. The first-order valence-electron chi connectivity index (χ1n) is 8.14. The molecule has 0 heterocycles. The van der Waals surface area contributed by atoms with Crippen LogP contribution in [0.15, 0.2) is 47.0 Å². The van der Waals surface area contributed by atoms with Gasteiger partial charge in [0.05, 0.1) is 22.2 Å². The number of rotatable bonds is 8. The molecule has 0 radical (unpaired) electrons. The van der Waals surface area contributed by atoms with Crippen molar-refractivity contribution in [1.82, 2.24) is 0 Å². The number of hydrogen-bond acceptors (Lipinski definition) is 4. The average molecular weight is 504 g/mol. The smallest absolute Gasteiger partial charge is 0.416 e. The van der Waals surface area contributed by atoms with Gasteiger partial charge in [-0.3, -0.25) is 0 Å². The van der Waals surface area contributed by atoms with Crippen molar-refractivity contribution in [3.8, 4) is 11.5 Å². The van der Waals surface area contributed by atoms with Gasteiger partial charge in [-0.1, -0.05) is 46.4 Å². The van der Waals surface area contributed by atoms with Gasteiger partial charge in [0.1, 0.15) is 29.2 Å². The van der Waals surface area contributed by atoms with E-state index in [9.17, 15) is 18.0 Å². The van der Waals surface area contributed by atoms with E-state index >= 15 is 0 Å². The normalized spacial score (nSPS) is 11.2. The molecule has 2 aromatic rings. The molecular formula is C19H13Cl4F3O4. The fraction of sp³-hybridized carbons (Fsp3) is 0.211. The highest BCUT2D eigenvalue weighted by molar-refractivity contribution is 6.55. The van der Waals surface area contributed by atoms with Gasteiger partial charge in [-0.15, -0.1) is 0 Å². The number of alkyl halides is 3. The zero-order valence-corrected chi connectivity index (χ0v) is 18.0.